The van der Waals surface area contributed by atoms with Crippen LogP contribution in [0.2, 0.25) is 0 Å². The number of benzene rings is 2. The molecule has 0 spiro atoms. The van der Waals surface area contributed by atoms with E-state index >= 15 is 0 Å². The van der Waals surface area contributed by atoms with Crippen LogP contribution in [0.5, 0.6) is 0 Å². The van der Waals surface area contributed by atoms with Crippen LogP contribution in [0.1, 0.15) is 35.3 Å². The van der Waals surface area contributed by atoms with Gasteiger partial charge in [0, 0.05) is 11.4 Å². The lowest BCUT2D eigenvalue weighted by Crippen LogP contribution is -2.23. The number of anilines is 2. The van der Waals surface area contributed by atoms with Crippen molar-refractivity contribution in [1.29, 1.82) is 0 Å². The fourth-order valence-corrected chi connectivity index (χ4v) is 2.69. The Morgan fingerprint density at radius 1 is 1.00 bits per heavy atom. The van der Waals surface area contributed by atoms with E-state index in [0.717, 1.165) is 18.5 Å². The average molecular weight is 340 g/mol. The molecule has 0 unspecified atom stereocenters. The number of hydrogen-bond acceptors (Lipinski definition) is 4. The summed E-state index contributed by atoms with van der Waals surface area (Å²) in [7, 11) is 1.33. The van der Waals surface area contributed by atoms with Crippen molar-refractivity contribution in [2.45, 2.75) is 26.7 Å². The van der Waals surface area contributed by atoms with Gasteiger partial charge in [-0.3, -0.25) is 4.79 Å². The number of aryl methyl sites for hydroxylation is 2. The number of para-hydroxylation sites is 1. The quantitative estimate of drug-likeness (QED) is 0.755. The lowest BCUT2D eigenvalue weighted by Gasteiger charge is -2.15. The highest BCUT2D eigenvalue weighted by molar-refractivity contribution is 5.96. The van der Waals surface area contributed by atoms with Crippen molar-refractivity contribution in [3.05, 3.63) is 59.2 Å². The minimum atomic E-state index is -0.432. The minimum absolute atomic E-state index is 0.159. The van der Waals surface area contributed by atoms with E-state index in [-0.39, 0.29) is 12.5 Å². The van der Waals surface area contributed by atoms with Crippen LogP contribution in [0.4, 0.5) is 11.4 Å². The van der Waals surface area contributed by atoms with E-state index in [9.17, 15) is 9.59 Å². The number of hydrogen-bond donors (Lipinski definition) is 2. The second kappa shape index (κ2) is 8.87. The van der Waals surface area contributed by atoms with Gasteiger partial charge in [0.15, 0.2) is 0 Å². The predicted molar refractivity (Wildman–Crippen MR) is 100 cm³/mol. The molecule has 0 aliphatic carbocycles. The first kappa shape index (κ1) is 18.5. The van der Waals surface area contributed by atoms with Crippen molar-refractivity contribution < 1.29 is 14.3 Å². The molecule has 0 atom stereocenters. The number of ether oxygens (including phenoxy) is 1. The molecule has 0 saturated heterocycles. The van der Waals surface area contributed by atoms with E-state index in [0.29, 0.717) is 11.3 Å². The Morgan fingerprint density at radius 3 is 2.24 bits per heavy atom. The third kappa shape index (κ3) is 4.83. The highest BCUT2D eigenvalue weighted by Crippen LogP contribution is 2.22. The van der Waals surface area contributed by atoms with Gasteiger partial charge in [-0.05, 0) is 42.2 Å². The summed E-state index contributed by atoms with van der Waals surface area (Å²) in [5, 5.41) is 6.05. The van der Waals surface area contributed by atoms with E-state index in [1.165, 1.54) is 18.2 Å². The monoisotopic (exact) mass is 340 g/mol. The summed E-state index contributed by atoms with van der Waals surface area (Å²) in [5.74, 6) is -0.603. The first-order chi connectivity index (χ1) is 12.1. The molecule has 0 aliphatic heterocycles. The molecule has 0 saturated carbocycles. The molecule has 25 heavy (non-hydrogen) atoms. The number of rotatable bonds is 7. The van der Waals surface area contributed by atoms with Gasteiger partial charge in [-0.25, -0.2) is 4.79 Å². The van der Waals surface area contributed by atoms with Gasteiger partial charge >= 0.3 is 5.97 Å². The van der Waals surface area contributed by atoms with Gasteiger partial charge in [-0.15, -0.1) is 0 Å². The highest BCUT2D eigenvalue weighted by Gasteiger charge is 2.10. The second-order valence-corrected chi connectivity index (χ2v) is 5.63. The van der Waals surface area contributed by atoms with Gasteiger partial charge in [-0.1, -0.05) is 38.1 Å². The molecule has 2 aromatic carbocycles. The number of carbonyl (C=O) groups excluding carboxylic acids is 2. The Morgan fingerprint density at radius 2 is 1.64 bits per heavy atom. The summed E-state index contributed by atoms with van der Waals surface area (Å²) in [6.45, 7) is 4.35. The molecule has 132 valence electrons. The maximum Gasteiger partial charge on any atom is 0.337 e. The smallest absolute Gasteiger partial charge is 0.337 e. The lowest BCUT2D eigenvalue weighted by molar-refractivity contribution is -0.114. The van der Waals surface area contributed by atoms with Crippen molar-refractivity contribution in [2.75, 3.05) is 24.3 Å². The maximum absolute atomic E-state index is 12.2. The second-order valence-electron chi connectivity index (χ2n) is 5.63. The first-order valence-corrected chi connectivity index (χ1v) is 8.41. The third-order valence-corrected chi connectivity index (χ3v) is 3.99. The molecule has 0 fully saturated rings. The SMILES string of the molecule is CCc1cccc(CC)c1NCC(=O)Nc1cccc(C(=O)OC)c1. The van der Waals surface area contributed by atoms with Crippen LogP contribution < -0.4 is 10.6 Å². The predicted octanol–water partition coefficient (Wildman–Crippen LogP) is 3.65. The fraction of sp³-hybridized carbons (Fsp3) is 0.300. The van der Waals surface area contributed by atoms with Crippen LogP contribution in [0, 0.1) is 0 Å². The summed E-state index contributed by atoms with van der Waals surface area (Å²) < 4.78 is 4.69. The molecule has 0 radical (unpaired) electrons. The van der Waals surface area contributed by atoms with Gasteiger partial charge in [0.05, 0.1) is 19.2 Å². The van der Waals surface area contributed by atoms with Crippen LogP contribution in [0.15, 0.2) is 42.5 Å². The number of esters is 1. The summed E-state index contributed by atoms with van der Waals surface area (Å²) in [4.78, 5) is 23.8. The molecule has 5 nitrogen and oxygen atoms in total. The van der Waals surface area contributed by atoms with Crippen LogP contribution in [0.25, 0.3) is 0 Å². The van der Waals surface area contributed by atoms with Crippen molar-refractivity contribution in [2.24, 2.45) is 0 Å². The topological polar surface area (TPSA) is 67.4 Å². The van der Waals surface area contributed by atoms with Crippen molar-refractivity contribution >= 4 is 23.3 Å². The summed E-state index contributed by atoms with van der Waals surface area (Å²) in [6, 6.07) is 12.9. The van der Waals surface area contributed by atoms with Gasteiger partial charge in [-0.2, -0.15) is 0 Å². The molecular weight excluding hydrogens is 316 g/mol. The zero-order valence-corrected chi connectivity index (χ0v) is 14.9. The summed E-state index contributed by atoms with van der Waals surface area (Å²) in [5.41, 5.74) is 4.39. The van der Waals surface area contributed by atoms with Crippen molar-refractivity contribution in [1.82, 2.24) is 0 Å². The summed E-state index contributed by atoms with van der Waals surface area (Å²) in [6.07, 6.45) is 1.80. The molecule has 0 aliphatic rings. The molecule has 2 N–H and O–H groups in total. The van der Waals surface area contributed by atoms with Crippen LogP contribution in [-0.4, -0.2) is 25.5 Å². The Kier molecular flexibility index (Phi) is 6.57. The van der Waals surface area contributed by atoms with Gasteiger partial charge in [0.25, 0.3) is 0 Å². The largest absolute Gasteiger partial charge is 0.465 e. The third-order valence-electron chi connectivity index (χ3n) is 3.99. The van der Waals surface area contributed by atoms with Crippen LogP contribution in [-0.2, 0) is 22.4 Å². The van der Waals surface area contributed by atoms with E-state index < -0.39 is 5.97 Å². The Hall–Kier alpha value is -2.82. The molecule has 5 heteroatoms. The normalized spacial score (nSPS) is 10.2. The molecule has 1 amide bonds. The van der Waals surface area contributed by atoms with E-state index in [2.05, 4.69) is 41.4 Å². The number of methoxy groups -OCH3 is 1. The van der Waals surface area contributed by atoms with Crippen LogP contribution in [0.3, 0.4) is 0 Å². The maximum atomic E-state index is 12.2. The van der Waals surface area contributed by atoms with Gasteiger partial charge in [0.1, 0.15) is 0 Å². The Bertz CT molecular complexity index is 734. The van der Waals surface area contributed by atoms with E-state index in [1.54, 1.807) is 24.3 Å². The van der Waals surface area contributed by atoms with Crippen molar-refractivity contribution in [3.8, 4) is 0 Å². The minimum Gasteiger partial charge on any atom is -0.465 e. The molecule has 2 aromatic rings. The standard InChI is InChI=1S/C20H24N2O3/c1-4-14-8-6-9-15(5-2)19(14)21-13-18(23)22-17-11-7-10-16(12-17)20(24)25-3/h6-12,21H,4-5,13H2,1-3H3,(H,22,23). The average Bonchev–Trinajstić information content (AvgIpc) is 2.65. The van der Waals surface area contributed by atoms with Gasteiger partial charge in [0.2, 0.25) is 5.91 Å². The van der Waals surface area contributed by atoms with Gasteiger partial charge < -0.3 is 15.4 Å². The molecule has 2 rings (SSSR count). The number of nitrogens with one attached hydrogen (secondary N) is 2. The first-order valence-electron chi connectivity index (χ1n) is 8.41. The Balaban J connectivity index is 2.03. The van der Waals surface area contributed by atoms with Crippen molar-refractivity contribution in [3.63, 3.8) is 0 Å². The number of carbonyl (C=O) groups is 2. The molecule has 0 heterocycles. The molecule has 0 aromatic heterocycles. The fourth-order valence-electron chi connectivity index (χ4n) is 2.69. The zero-order valence-electron chi connectivity index (χ0n) is 14.9. The van der Waals surface area contributed by atoms with E-state index in [1.807, 2.05) is 6.07 Å². The molecular formula is C20H24N2O3. The van der Waals surface area contributed by atoms with Crippen LogP contribution >= 0.6 is 0 Å². The number of amides is 1. The Labute approximate surface area is 148 Å². The zero-order chi connectivity index (χ0) is 18.2. The summed E-state index contributed by atoms with van der Waals surface area (Å²) >= 11 is 0. The highest BCUT2D eigenvalue weighted by atomic mass is 16.5. The molecule has 0 bridgehead atoms. The van der Waals surface area contributed by atoms with E-state index in [4.69, 9.17) is 0 Å². The lowest BCUT2D eigenvalue weighted by atomic mass is 10.0.